The fourth-order valence-electron chi connectivity index (χ4n) is 2.30. The van der Waals surface area contributed by atoms with E-state index in [1.807, 2.05) is 0 Å². The third-order valence-corrected chi connectivity index (χ3v) is 4.40. The van der Waals surface area contributed by atoms with E-state index in [0.717, 1.165) is 22.8 Å². The molecule has 4 heterocycles. The van der Waals surface area contributed by atoms with Crippen molar-refractivity contribution in [1.82, 2.24) is 15.3 Å². The molecule has 4 rings (SSSR count). The summed E-state index contributed by atoms with van der Waals surface area (Å²) in [5.41, 5.74) is 1.95. The standard InChI is InChI=1S/C16H9ClN4O3S/c17-13-2-1-9(6-19-13)20-11-7-18-5-8-3-10(24-14(8)11)4-12-15(22)21-16(23)25-12/h1-7,20H,(H,21,22,23). The molecule has 1 saturated heterocycles. The molecule has 0 spiro atoms. The van der Waals surface area contributed by atoms with Crippen molar-refractivity contribution in [1.29, 1.82) is 0 Å². The van der Waals surface area contributed by atoms with E-state index in [-0.39, 0.29) is 4.91 Å². The lowest BCUT2D eigenvalue weighted by atomic mass is 10.3. The molecule has 25 heavy (non-hydrogen) atoms. The van der Waals surface area contributed by atoms with Crippen molar-refractivity contribution in [2.45, 2.75) is 0 Å². The van der Waals surface area contributed by atoms with E-state index in [1.165, 1.54) is 6.08 Å². The third-order valence-electron chi connectivity index (χ3n) is 3.36. The summed E-state index contributed by atoms with van der Waals surface area (Å²) >= 11 is 6.62. The number of nitrogens with zero attached hydrogens (tertiary/aromatic N) is 2. The SMILES string of the molecule is O=C1NC(=O)C(=Cc2cc3cncc(Nc4ccc(Cl)nc4)c3o2)S1. The number of hydrogen-bond donors (Lipinski definition) is 2. The smallest absolute Gasteiger partial charge is 0.290 e. The van der Waals surface area contributed by atoms with E-state index in [0.29, 0.717) is 22.2 Å². The van der Waals surface area contributed by atoms with Crippen LogP contribution in [0.25, 0.3) is 17.0 Å². The maximum absolute atomic E-state index is 11.6. The Balaban J connectivity index is 1.69. The quantitative estimate of drug-likeness (QED) is 0.530. The minimum Gasteiger partial charge on any atom is -0.454 e. The van der Waals surface area contributed by atoms with E-state index in [2.05, 4.69) is 20.6 Å². The number of aromatic nitrogens is 2. The van der Waals surface area contributed by atoms with Gasteiger partial charge in [0.05, 0.1) is 23.0 Å². The van der Waals surface area contributed by atoms with E-state index in [4.69, 9.17) is 16.0 Å². The molecule has 9 heteroatoms. The number of pyridine rings is 2. The van der Waals surface area contributed by atoms with E-state index in [1.54, 1.807) is 36.8 Å². The molecule has 2 amide bonds. The molecule has 1 aliphatic rings. The van der Waals surface area contributed by atoms with Crippen molar-refractivity contribution in [2.75, 3.05) is 5.32 Å². The summed E-state index contributed by atoms with van der Waals surface area (Å²) in [5.74, 6) is 0.0202. The zero-order chi connectivity index (χ0) is 17.4. The van der Waals surface area contributed by atoms with Gasteiger partial charge in [0.1, 0.15) is 16.6 Å². The van der Waals surface area contributed by atoms with Crippen LogP contribution in [0.2, 0.25) is 5.15 Å². The van der Waals surface area contributed by atoms with Gasteiger partial charge in [0.15, 0.2) is 5.58 Å². The maximum atomic E-state index is 11.6. The van der Waals surface area contributed by atoms with Crippen molar-refractivity contribution in [2.24, 2.45) is 0 Å². The lowest BCUT2D eigenvalue weighted by Crippen LogP contribution is -2.17. The van der Waals surface area contributed by atoms with Crippen molar-refractivity contribution >= 4 is 62.9 Å². The van der Waals surface area contributed by atoms with Gasteiger partial charge in [-0.15, -0.1) is 0 Å². The molecule has 0 saturated carbocycles. The van der Waals surface area contributed by atoms with Crippen LogP contribution in [0.3, 0.4) is 0 Å². The molecule has 0 atom stereocenters. The van der Waals surface area contributed by atoms with Gasteiger partial charge < -0.3 is 9.73 Å². The first-order valence-electron chi connectivity index (χ1n) is 7.09. The summed E-state index contributed by atoms with van der Waals surface area (Å²) in [4.78, 5) is 31.3. The van der Waals surface area contributed by atoms with Gasteiger partial charge in [-0.05, 0) is 30.0 Å². The van der Waals surface area contributed by atoms with Gasteiger partial charge in [-0.1, -0.05) is 11.6 Å². The maximum Gasteiger partial charge on any atom is 0.290 e. The highest BCUT2D eigenvalue weighted by Gasteiger charge is 2.25. The predicted octanol–water partition coefficient (Wildman–Crippen LogP) is 3.94. The summed E-state index contributed by atoms with van der Waals surface area (Å²) < 4.78 is 5.81. The first kappa shape index (κ1) is 15.7. The average molecular weight is 373 g/mol. The van der Waals surface area contributed by atoms with Crippen LogP contribution < -0.4 is 10.6 Å². The zero-order valence-corrected chi connectivity index (χ0v) is 14.0. The van der Waals surface area contributed by atoms with Crippen molar-refractivity contribution in [3.63, 3.8) is 0 Å². The van der Waals surface area contributed by atoms with E-state index in [9.17, 15) is 9.59 Å². The van der Waals surface area contributed by atoms with Gasteiger partial charge in [0, 0.05) is 17.7 Å². The van der Waals surface area contributed by atoms with Gasteiger partial charge in [-0.3, -0.25) is 19.9 Å². The molecular weight excluding hydrogens is 364 g/mol. The first-order valence-corrected chi connectivity index (χ1v) is 8.29. The molecule has 1 aliphatic heterocycles. The number of fused-ring (bicyclic) bond motifs is 1. The molecule has 7 nitrogen and oxygen atoms in total. The Morgan fingerprint density at radius 3 is 2.84 bits per heavy atom. The van der Waals surface area contributed by atoms with Crippen LogP contribution in [0, 0.1) is 0 Å². The Morgan fingerprint density at radius 1 is 1.24 bits per heavy atom. The number of hydrogen-bond acceptors (Lipinski definition) is 7. The molecule has 3 aromatic rings. The molecule has 0 aromatic carbocycles. The zero-order valence-electron chi connectivity index (χ0n) is 12.4. The molecule has 2 N–H and O–H groups in total. The fourth-order valence-corrected chi connectivity index (χ4v) is 3.07. The Bertz CT molecular complexity index is 1030. The minimum absolute atomic E-state index is 0.286. The highest BCUT2D eigenvalue weighted by molar-refractivity contribution is 8.18. The van der Waals surface area contributed by atoms with Crippen LogP contribution in [0.15, 0.2) is 46.1 Å². The number of amides is 2. The normalized spacial score (nSPS) is 15.8. The third kappa shape index (κ3) is 3.21. The number of rotatable bonds is 3. The van der Waals surface area contributed by atoms with Gasteiger partial charge in [0.2, 0.25) is 0 Å². The number of furan rings is 1. The molecule has 124 valence electrons. The highest BCUT2D eigenvalue weighted by Crippen LogP contribution is 2.31. The summed E-state index contributed by atoms with van der Waals surface area (Å²) in [5, 5.41) is 6.12. The number of halogens is 1. The molecule has 3 aromatic heterocycles. The summed E-state index contributed by atoms with van der Waals surface area (Å²) in [6.07, 6.45) is 6.40. The molecule has 1 fully saturated rings. The Labute approximate surface area is 150 Å². The molecule has 0 bridgehead atoms. The van der Waals surface area contributed by atoms with Crippen LogP contribution in [0.5, 0.6) is 0 Å². The Hall–Kier alpha value is -2.84. The summed E-state index contributed by atoms with van der Waals surface area (Å²) in [7, 11) is 0. The van der Waals surface area contributed by atoms with Gasteiger partial charge >= 0.3 is 0 Å². The number of thioether (sulfide) groups is 1. The predicted molar refractivity (Wildman–Crippen MR) is 95.6 cm³/mol. The first-order chi connectivity index (χ1) is 12.1. The van der Waals surface area contributed by atoms with Crippen LogP contribution in [0.1, 0.15) is 5.76 Å². The molecule has 0 aliphatic carbocycles. The second kappa shape index (κ2) is 6.23. The van der Waals surface area contributed by atoms with Gasteiger partial charge in [-0.25, -0.2) is 4.98 Å². The Kier molecular flexibility index (Phi) is 3.90. The Morgan fingerprint density at radius 2 is 2.12 bits per heavy atom. The van der Waals surface area contributed by atoms with Crippen LogP contribution in [-0.4, -0.2) is 21.1 Å². The van der Waals surface area contributed by atoms with E-state index < -0.39 is 11.1 Å². The van der Waals surface area contributed by atoms with Gasteiger partial charge in [0.25, 0.3) is 11.1 Å². The summed E-state index contributed by atoms with van der Waals surface area (Å²) in [6, 6.07) is 5.20. The summed E-state index contributed by atoms with van der Waals surface area (Å²) in [6.45, 7) is 0. The monoisotopic (exact) mass is 372 g/mol. The number of anilines is 2. The highest BCUT2D eigenvalue weighted by atomic mass is 35.5. The van der Waals surface area contributed by atoms with Crippen LogP contribution in [0.4, 0.5) is 16.2 Å². The molecule has 0 radical (unpaired) electrons. The lowest BCUT2D eigenvalue weighted by Gasteiger charge is -2.05. The number of carbonyl (C=O) groups is 2. The lowest BCUT2D eigenvalue weighted by molar-refractivity contribution is -0.115. The second-order valence-corrected chi connectivity index (χ2v) is 6.50. The minimum atomic E-state index is -0.431. The largest absolute Gasteiger partial charge is 0.454 e. The average Bonchev–Trinajstić information content (AvgIpc) is 3.13. The second-order valence-electron chi connectivity index (χ2n) is 5.10. The molecular formula is C16H9ClN4O3S. The number of nitrogens with one attached hydrogen (secondary N) is 2. The van der Waals surface area contributed by atoms with Crippen LogP contribution >= 0.6 is 23.4 Å². The van der Waals surface area contributed by atoms with Crippen molar-refractivity contribution in [3.8, 4) is 0 Å². The number of carbonyl (C=O) groups excluding carboxylic acids is 2. The fraction of sp³-hybridized carbons (Fsp3) is 0. The molecule has 0 unspecified atom stereocenters. The van der Waals surface area contributed by atoms with Crippen molar-refractivity contribution < 1.29 is 14.0 Å². The topological polar surface area (TPSA) is 97.1 Å². The van der Waals surface area contributed by atoms with Gasteiger partial charge in [-0.2, -0.15) is 0 Å². The van der Waals surface area contributed by atoms with Crippen LogP contribution in [-0.2, 0) is 4.79 Å². The van der Waals surface area contributed by atoms with E-state index >= 15 is 0 Å². The number of imide groups is 1. The van der Waals surface area contributed by atoms with Crippen molar-refractivity contribution in [3.05, 3.63) is 52.6 Å².